The number of sulfonamides is 1. The molecule has 0 N–H and O–H groups in total. The molecule has 0 spiro atoms. The summed E-state index contributed by atoms with van der Waals surface area (Å²) in [5, 5.41) is 0. The second-order valence-corrected chi connectivity index (χ2v) is 10.6. The highest BCUT2D eigenvalue weighted by atomic mass is 32.2. The minimum absolute atomic E-state index is 0.0392. The summed E-state index contributed by atoms with van der Waals surface area (Å²) in [6, 6.07) is 23.9. The average Bonchev–Trinajstić information content (AvgIpc) is 2.90. The van der Waals surface area contributed by atoms with Crippen molar-refractivity contribution in [3.8, 4) is 0 Å². The zero-order valence-electron chi connectivity index (χ0n) is 20.0. The van der Waals surface area contributed by atoms with Gasteiger partial charge in [-0.25, -0.2) is 12.8 Å². The first-order valence-electron chi connectivity index (χ1n) is 11.9. The molecule has 0 unspecified atom stereocenters. The molecule has 8 heteroatoms. The molecule has 0 aliphatic carbocycles. The molecule has 0 atom stereocenters. The maximum absolute atomic E-state index is 13.4. The van der Waals surface area contributed by atoms with Crippen molar-refractivity contribution in [1.82, 2.24) is 14.1 Å². The van der Waals surface area contributed by atoms with E-state index in [2.05, 4.69) is 17.1 Å². The molecular weight excluding hydrogens is 477 g/mol. The lowest BCUT2D eigenvalue weighted by Crippen LogP contribution is -2.51. The second-order valence-electron chi connectivity index (χ2n) is 8.71. The molecule has 0 aromatic heterocycles. The van der Waals surface area contributed by atoms with Gasteiger partial charge in [0.15, 0.2) is 0 Å². The SMILES string of the molecule is O=C(CN(Cc1ccccc1)S(=O)(=O)c1ccc(F)cc1)N1CCN(C/C=C/c2ccccc2)CC1. The molecule has 1 saturated heterocycles. The van der Waals surface area contributed by atoms with Gasteiger partial charge in [0.2, 0.25) is 15.9 Å². The molecule has 1 heterocycles. The molecule has 1 aliphatic heterocycles. The van der Waals surface area contributed by atoms with Gasteiger partial charge in [-0.1, -0.05) is 72.8 Å². The molecule has 6 nitrogen and oxygen atoms in total. The van der Waals surface area contributed by atoms with Gasteiger partial charge in [-0.15, -0.1) is 0 Å². The second kappa shape index (κ2) is 12.1. The Balaban J connectivity index is 1.39. The van der Waals surface area contributed by atoms with E-state index in [1.54, 1.807) is 4.90 Å². The van der Waals surface area contributed by atoms with E-state index >= 15 is 0 Å². The van der Waals surface area contributed by atoms with Gasteiger partial charge in [0.1, 0.15) is 5.82 Å². The number of hydrogen-bond donors (Lipinski definition) is 0. The monoisotopic (exact) mass is 507 g/mol. The number of nitrogens with zero attached hydrogens (tertiary/aromatic N) is 3. The van der Waals surface area contributed by atoms with Crippen molar-refractivity contribution in [1.29, 1.82) is 0 Å². The topological polar surface area (TPSA) is 60.9 Å². The van der Waals surface area contributed by atoms with Crippen molar-refractivity contribution in [2.24, 2.45) is 0 Å². The highest BCUT2D eigenvalue weighted by molar-refractivity contribution is 7.89. The van der Waals surface area contributed by atoms with Crippen molar-refractivity contribution in [2.45, 2.75) is 11.4 Å². The Bertz CT molecular complexity index is 1260. The van der Waals surface area contributed by atoms with Crippen molar-refractivity contribution < 1.29 is 17.6 Å². The summed E-state index contributed by atoms with van der Waals surface area (Å²) in [6.45, 7) is 3.07. The van der Waals surface area contributed by atoms with Crippen molar-refractivity contribution in [3.63, 3.8) is 0 Å². The molecule has 4 rings (SSSR count). The number of amides is 1. The molecule has 0 radical (unpaired) electrons. The zero-order chi connectivity index (χ0) is 25.4. The van der Waals surface area contributed by atoms with Crippen molar-refractivity contribution in [2.75, 3.05) is 39.3 Å². The predicted molar refractivity (Wildman–Crippen MR) is 139 cm³/mol. The molecule has 1 amide bonds. The number of benzene rings is 3. The molecule has 3 aromatic carbocycles. The third kappa shape index (κ3) is 6.87. The lowest BCUT2D eigenvalue weighted by molar-refractivity contribution is -0.133. The van der Waals surface area contributed by atoms with Crippen LogP contribution in [-0.4, -0.2) is 67.7 Å². The van der Waals surface area contributed by atoms with Crippen LogP contribution < -0.4 is 0 Å². The van der Waals surface area contributed by atoms with Crippen molar-refractivity contribution in [3.05, 3.63) is 108 Å². The summed E-state index contributed by atoms with van der Waals surface area (Å²) in [5.74, 6) is -0.757. The maximum atomic E-state index is 13.4. The Morgan fingerprint density at radius 3 is 2.11 bits per heavy atom. The van der Waals surface area contributed by atoms with Gasteiger partial charge < -0.3 is 4.90 Å². The van der Waals surface area contributed by atoms with E-state index in [-0.39, 0.29) is 23.9 Å². The summed E-state index contributed by atoms with van der Waals surface area (Å²) in [7, 11) is -4.00. The smallest absolute Gasteiger partial charge is 0.243 e. The Hall–Kier alpha value is -3.33. The van der Waals surface area contributed by atoms with Gasteiger partial charge >= 0.3 is 0 Å². The van der Waals surface area contributed by atoms with Crippen LogP contribution in [0.4, 0.5) is 4.39 Å². The van der Waals surface area contributed by atoms with E-state index in [9.17, 15) is 17.6 Å². The minimum Gasteiger partial charge on any atom is -0.339 e. The minimum atomic E-state index is -4.00. The van der Waals surface area contributed by atoms with Gasteiger partial charge in [0.05, 0.1) is 11.4 Å². The third-order valence-electron chi connectivity index (χ3n) is 6.16. The molecule has 0 bridgehead atoms. The van der Waals surface area contributed by atoms with Crippen LogP contribution in [0.5, 0.6) is 0 Å². The molecule has 188 valence electrons. The molecule has 3 aromatic rings. The first-order chi connectivity index (χ1) is 17.4. The van der Waals surface area contributed by atoms with Gasteiger partial charge in [0, 0.05) is 39.3 Å². The molecule has 1 fully saturated rings. The van der Waals surface area contributed by atoms with Gasteiger partial charge in [0.25, 0.3) is 0 Å². The first-order valence-corrected chi connectivity index (χ1v) is 13.4. The zero-order valence-corrected chi connectivity index (χ0v) is 20.9. The summed E-state index contributed by atoms with van der Waals surface area (Å²) in [5.41, 5.74) is 1.91. The highest BCUT2D eigenvalue weighted by Gasteiger charge is 2.30. The number of carbonyl (C=O) groups excluding carboxylic acids is 1. The number of carbonyl (C=O) groups is 1. The van der Waals surface area contributed by atoms with Crippen LogP contribution in [0.15, 0.2) is 95.9 Å². The lowest BCUT2D eigenvalue weighted by Gasteiger charge is -2.35. The summed E-state index contributed by atoms with van der Waals surface area (Å²) in [6.07, 6.45) is 4.20. The normalized spacial score (nSPS) is 15.0. The maximum Gasteiger partial charge on any atom is 0.243 e. The Morgan fingerprint density at radius 1 is 0.861 bits per heavy atom. The number of hydrogen-bond acceptors (Lipinski definition) is 4. The number of halogens is 1. The van der Waals surface area contributed by atoms with Gasteiger partial charge in [-0.3, -0.25) is 9.69 Å². The van der Waals surface area contributed by atoms with Crippen LogP contribution in [0, 0.1) is 5.82 Å². The van der Waals surface area contributed by atoms with E-state index < -0.39 is 15.8 Å². The largest absolute Gasteiger partial charge is 0.339 e. The standard InChI is InChI=1S/C28H30FN3O3S/c29-26-13-15-27(16-14-26)36(34,35)32(22-25-10-5-2-6-11-25)23-28(33)31-20-18-30(19-21-31)17-7-12-24-8-3-1-4-9-24/h1-16H,17-23H2/b12-7+. The van der Waals surface area contributed by atoms with Crippen LogP contribution in [0.25, 0.3) is 6.08 Å². The predicted octanol–water partition coefficient (Wildman–Crippen LogP) is 3.87. The summed E-state index contributed by atoms with van der Waals surface area (Å²) >= 11 is 0. The van der Waals surface area contributed by atoms with Gasteiger partial charge in [-0.2, -0.15) is 4.31 Å². The molecule has 1 aliphatic rings. The molecule has 36 heavy (non-hydrogen) atoms. The fourth-order valence-electron chi connectivity index (χ4n) is 4.10. The fourth-order valence-corrected chi connectivity index (χ4v) is 5.48. The Kier molecular flexibility index (Phi) is 8.64. The van der Waals surface area contributed by atoms with Crippen LogP contribution in [0.3, 0.4) is 0 Å². The number of rotatable bonds is 9. The van der Waals surface area contributed by atoms with Crippen LogP contribution in [0.1, 0.15) is 11.1 Å². The van der Waals surface area contributed by atoms with E-state index in [4.69, 9.17) is 0 Å². The van der Waals surface area contributed by atoms with E-state index in [1.807, 2.05) is 60.7 Å². The van der Waals surface area contributed by atoms with Crippen LogP contribution >= 0.6 is 0 Å². The Labute approximate surface area is 212 Å². The number of piperazine rings is 1. The highest BCUT2D eigenvalue weighted by Crippen LogP contribution is 2.19. The van der Waals surface area contributed by atoms with Crippen molar-refractivity contribution >= 4 is 22.0 Å². The van der Waals surface area contributed by atoms with Crippen LogP contribution in [-0.2, 0) is 21.4 Å². The fraction of sp³-hybridized carbons (Fsp3) is 0.250. The third-order valence-corrected chi connectivity index (χ3v) is 7.97. The summed E-state index contributed by atoms with van der Waals surface area (Å²) in [4.78, 5) is 17.1. The average molecular weight is 508 g/mol. The van der Waals surface area contributed by atoms with E-state index in [0.717, 1.165) is 29.8 Å². The molecule has 0 saturated carbocycles. The lowest BCUT2D eigenvalue weighted by atomic mass is 10.2. The quantitative estimate of drug-likeness (QED) is 0.441. The van der Waals surface area contributed by atoms with E-state index in [0.29, 0.717) is 26.2 Å². The molecular formula is C28H30FN3O3S. The van der Waals surface area contributed by atoms with E-state index in [1.165, 1.54) is 16.4 Å². The summed E-state index contributed by atoms with van der Waals surface area (Å²) < 4.78 is 41.3. The van der Waals surface area contributed by atoms with Crippen LogP contribution in [0.2, 0.25) is 0 Å². The van der Waals surface area contributed by atoms with Gasteiger partial charge in [-0.05, 0) is 35.4 Å². The first kappa shape index (κ1) is 25.8. The Morgan fingerprint density at radius 2 is 1.47 bits per heavy atom.